The first-order valence-corrected chi connectivity index (χ1v) is 10.6. The second-order valence-electron chi connectivity index (χ2n) is 7.21. The minimum absolute atomic E-state index is 0.478. The number of aliphatic hydroxyl groups excluding tert-OH is 1. The number of aliphatic hydroxyl groups is 1. The molecule has 2 aromatic rings. The summed E-state index contributed by atoms with van der Waals surface area (Å²) >= 11 is 0. The van der Waals surface area contributed by atoms with E-state index in [2.05, 4.69) is 12.2 Å². The van der Waals surface area contributed by atoms with Crippen LogP contribution in [0.25, 0.3) is 0 Å². The number of benzene rings is 2. The van der Waals surface area contributed by atoms with Crippen molar-refractivity contribution in [1.29, 1.82) is 0 Å². The van der Waals surface area contributed by atoms with Gasteiger partial charge in [0.25, 0.3) is 0 Å². The molecule has 5 nitrogen and oxygen atoms in total. The van der Waals surface area contributed by atoms with Crippen molar-refractivity contribution >= 4 is 0 Å². The van der Waals surface area contributed by atoms with Gasteiger partial charge in [0.2, 0.25) is 0 Å². The normalized spacial score (nSPS) is 13.0. The van der Waals surface area contributed by atoms with Gasteiger partial charge >= 0.3 is 0 Å². The molecule has 0 saturated heterocycles. The summed E-state index contributed by atoms with van der Waals surface area (Å²) in [5.74, 6) is 2.39. The minimum atomic E-state index is -0.639. The standard InChI is InChI=1S/C24H35NO4/c1-4-5-6-7-18-28-22-12-14-23(15-13-22)29-24(19(2)26)25-17-16-20-8-10-21(27-3)11-9-20/h8-15,19,24-26H,4-7,16-18H2,1-3H3. The van der Waals surface area contributed by atoms with Crippen molar-refractivity contribution in [2.75, 3.05) is 20.3 Å². The fraction of sp³-hybridized carbons (Fsp3) is 0.500. The molecule has 2 atom stereocenters. The molecular weight excluding hydrogens is 366 g/mol. The van der Waals surface area contributed by atoms with E-state index in [0.717, 1.165) is 30.9 Å². The topological polar surface area (TPSA) is 60.0 Å². The van der Waals surface area contributed by atoms with Crippen LogP contribution in [0.3, 0.4) is 0 Å². The summed E-state index contributed by atoms with van der Waals surface area (Å²) in [6.45, 7) is 5.36. The Bertz CT molecular complexity index is 670. The lowest BCUT2D eigenvalue weighted by Crippen LogP contribution is -2.43. The number of hydrogen-bond acceptors (Lipinski definition) is 5. The van der Waals surface area contributed by atoms with Crippen molar-refractivity contribution in [2.24, 2.45) is 0 Å². The summed E-state index contributed by atoms with van der Waals surface area (Å²) in [6, 6.07) is 15.6. The molecule has 0 heterocycles. The fourth-order valence-corrected chi connectivity index (χ4v) is 2.94. The smallest absolute Gasteiger partial charge is 0.176 e. The van der Waals surface area contributed by atoms with Gasteiger partial charge in [0.15, 0.2) is 6.23 Å². The summed E-state index contributed by atoms with van der Waals surface area (Å²) in [7, 11) is 1.66. The van der Waals surface area contributed by atoms with Crippen LogP contribution in [0.4, 0.5) is 0 Å². The average molecular weight is 402 g/mol. The molecule has 2 N–H and O–H groups in total. The molecule has 0 spiro atoms. The highest BCUT2D eigenvalue weighted by atomic mass is 16.5. The van der Waals surface area contributed by atoms with Gasteiger partial charge in [0.1, 0.15) is 23.4 Å². The largest absolute Gasteiger partial charge is 0.497 e. The second kappa shape index (κ2) is 13.1. The third kappa shape index (κ3) is 8.75. The Hall–Kier alpha value is -2.24. The maximum atomic E-state index is 10.1. The van der Waals surface area contributed by atoms with E-state index < -0.39 is 12.3 Å². The van der Waals surface area contributed by atoms with Gasteiger partial charge in [-0.2, -0.15) is 0 Å². The summed E-state index contributed by atoms with van der Waals surface area (Å²) in [4.78, 5) is 0. The van der Waals surface area contributed by atoms with Crippen LogP contribution < -0.4 is 19.5 Å². The zero-order valence-corrected chi connectivity index (χ0v) is 17.9. The van der Waals surface area contributed by atoms with E-state index in [1.165, 1.54) is 24.8 Å². The summed E-state index contributed by atoms with van der Waals surface area (Å²) in [5.41, 5.74) is 1.20. The molecule has 0 aromatic heterocycles. The van der Waals surface area contributed by atoms with Gasteiger partial charge in [0, 0.05) is 6.54 Å². The lowest BCUT2D eigenvalue weighted by molar-refractivity contribution is 0.0274. The van der Waals surface area contributed by atoms with Crippen molar-refractivity contribution in [3.05, 3.63) is 54.1 Å². The number of nitrogens with one attached hydrogen (secondary N) is 1. The van der Waals surface area contributed by atoms with Gasteiger partial charge in [-0.1, -0.05) is 38.3 Å². The van der Waals surface area contributed by atoms with E-state index in [0.29, 0.717) is 12.3 Å². The van der Waals surface area contributed by atoms with E-state index in [9.17, 15) is 5.11 Å². The highest BCUT2D eigenvalue weighted by Gasteiger charge is 2.16. The van der Waals surface area contributed by atoms with Crippen LogP contribution in [0.15, 0.2) is 48.5 Å². The van der Waals surface area contributed by atoms with Gasteiger partial charge in [-0.3, -0.25) is 5.32 Å². The van der Waals surface area contributed by atoms with Gasteiger partial charge in [-0.05, 0) is 61.7 Å². The van der Waals surface area contributed by atoms with Crippen molar-refractivity contribution in [3.8, 4) is 17.2 Å². The third-order valence-electron chi connectivity index (χ3n) is 4.71. The van der Waals surface area contributed by atoms with Crippen LogP contribution >= 0.6 is 0 Å². The molecule has 0 aliphatic heterocycles. The van der Waals surface area contributed by atoms with Gasteiger partial charge in [0.05, 0.1) is 13.7 Å². The third-order valence-corrected chi connectivity index (χ3v) is 4.71. The maximum Gasteiger partial charge on any atom is 0.176 e. The highest BCUT2D eigenvalue weighted by Crippen LogP contribution is 2.19. The molecule has 0 aliphatic rings. The monoisotopic (exact) mass is 401 g/mol. The minimum Gasteiger partial charge on any atom is -0.497 e. The molecule has 2 unspecified atom stereocenters. The molecule has 0 bridgehead atoms. The van der Waals surface area contributed by atoms with Crippen LogP contribution in [-0.4, -0.2) is 37.7 Å². The highest BCUT2D eigenvalue weighted by molar-refractivity contribution is 5.31. The van der Waals surface area contributed by atoms with Crippen LogP contribution in [0, 0.1) is 0 Å². The number of ether oxygens (including phenoxy) is 3. The van der Waals surface area contributed by atoms with E-state index in [1.807, 2.05) is 48.5 Å². The lowest BCUT2D eigenvalue weighted by atomic mass is 10.1. The quantitative estimate of drug-likeness (QED) is 0.359. The molecular formula is C24H35NO4. The van der Waals surface area contributed by atoms with Crippen LogP contribution in [0.2, 0.25) is 0 Å². The average Bonchev–Trinajstić information content (AvgIpc) is 2.74. The molecule has 29 heavy (non-hydrogen) atoms. The first-order valence-electron chi connectivity index (χ1n) is 10.6. The van der Waals surface area contributed by atoms with Crippen LogP contribution in [-0.2, 0) is 6.42 Å². The molecule has 160 valence electrons. The number of methoxy groups -OCH3 is 1. The van der Waals surface area contributed by atoms with Crippen molar-refractivity contribution in [2.45, 2.75) is 58.3 Å². The molecule has 5 heteroatoms. The Balaban J connectivity index is 1.76. The van der Waals surface area contributed by atoms with Gasteiger partial charge < -0.3 is 19.3 Å². The number of rotatable bonds is 14. The van der Waals surface area contributed by atoms with Crippen molar-refractivity contribution in [3.63, 3.8) is 0 Å². The second-order valence-corrected chi connectivity index (χ2v) is 7.21. The van der Waals surface area contributed by atoms with E-state index in [-0.39, 0.29) is 0 Å². The molecule has 0 radical (unpaired) electrons. The summed E-state index contributed by atoms with van der Waals surface area (Å²) in [5, 5.41) is 13.3. The van der Waals surface area contributed by atoms with E-state index in [1.54, 1.807) is 14.0 Å². The Kier molecular flexibility index (Phi) is 10.4. The lowest BCUT2D eigenvalue weighted by Gasteiger charge is -2.23. The molecule has 0 fully saturated rings. The Morgan fingerprint density at radius 1 is 0.897 bits per heavy atom. The first kappa shape index (κ1) is 23.0. The molecule has 2 rings (SSSR count). The van der Waals surface area contributed by atoms with Gasteiger partial charge in [-0.25, -0.2) is 0 Å². The maximum absolute atomic E-state index is 10.1. The van der Waals surface area contributed by atoms with Crippen LogP contribution in [0.5, 0.6) is 17.2 Å². The first-order chi connectivity index (χ1) is 14.1. The number of hydrogen-bond donors (Lipinski definition) is 2. The number of unbranched alkanes of at least 4 members (excludes halogenated alkanes) is 3. The predicted octanol–water partition coefficient (Wildman–Crippen LogP) is 4.57. The Morgan fingerprint density at radius 3 is 2.17 bits per heavy atom. The Morgan fingerprint density at radius 2 is 1.55 bits per heavy atom. The summed E-state index contributed by atoms with van der Waals surface area (Å²) in [6.07, 6.45) is 4.48. The molecule has 0 saturated carbocycles. The van der Waals surface area contributed by atoms with E-state index >= 15 is 0 Å². The van der Waals surface area contributed by atoms with Gasteiger partial charge in [-0.15, -0.1) is 0 Å². The van der Waals surface area contributed by atoms with Crippen LogP contribution in [0.1, 0.15) is 45.1 Å². The van der Waals surface area contributed by atoms with Crippen molar-refractivity contribution in [1.82, 2.24) is 5.32 Å². The molecule has 0 aliphatic carbocycles. The zero-order valence-electron chi connectivity index (χ0n) is 17.9. The SMILES string of the molecule is CCCCCCOc1ccc(OC(NCCc2ccc(OC)cc2)C(C)O)cc1. The summed E-state index contributed by atoms with van der Waals surface area (Å²) < 4.78 is 16.9. The Labute approximate surface area is 175 Å². The fourth-order valence-electron chi connectivity index (χ4n) is 2.94. The molecule has 0 amide bonds. The predicted molar refractivity (Wildman–Crippen MR) is 117 cm³/mol. The van der Waals surface area contributed by atoms with Crippen molar-refractivity contribution < 1.29 is 19.3 Å². The van der Waals surface area contributed by atoms with E-state index in [4.69, 9.17) is 14.2 Å². The molecule has 2 aromatic carbocycles. The zero-order chi connectivity index (χ0) is 20.9.